The first-order chi connectivity index (χ1) is 16.0. The third-order valence-electron chi connectivity index (χ3n) is 5.97. The Morgan fingerprint density at radius 1 is 1.15 bits per heavy atom. The standard InChI is InChI=1S/C26H33N3O4/c1-4-7-16-33-21-12-8-10-19(17-21)24(30)22-23(20-11-9-13-27-18-20)29(26(32)25(22)31)15-14-28(5-2)6-3/h8-13,17-18,23,30H,4-7,14-16H2,1-3H3. The van der Waals surface area contributed by atoms with Crippen LogP contribution in [0.15, 0.2) is 54.4 Å². The molecule has 1 aromatic carbocycles. The lowest BCUT2D eigenvalue weighted by molar-refractivity contribution is -0.140. The Morgan fingerprint density at radius 3 is 2.61 bits per heavy atom. The summed E-state index contributed by atoms with van der Waals surface area (Å²) in [7, 11) is 0. The van der Waals surface area contributed by atoms with E-state index in [1.165, 1.54) is 0 Å². The van der Waals surface area contributed by atoms with Crippen LogP contribution in [0.25, 0.3) is 5.76 Å². The van der Waals surface area contributed by atoms with Crippen LogP contribution in [0.5, 0.6) is 5.75 Å². The molecule has 0 bridgehead atoms. The van der Waals surface area contributed by atoms with E-state index in [4.69, 9.17) is 4.74 Å². The number of pyridine rings is 1. The zero-order valence-corrected chi connectivity index (χ0v) is 19.7. The Morgan fingerprint density at radius 2 is 1.94 bits per heavy atom. The Bertz CT molecular complexity index is 986. The third kappa shape index (κ3) is 5.60. The van der Waals surface area contributed by atoms with Crippen LogP contribution >= 0.6 is 0 Å². The van der Waals surface area contributed by atoms with Crippen LogP contribution < -0.4 is 4.74 Å². The van der Waals surface area contributed by atoms with E-state index in [1.54, 1.807) is 41.6 Å². The van der Waals surface area contributed by atoms with Crippen LogP contribution in [-0.2, 0) is 9.59 Å². The van der Waals surface area contributed by atoms with Gasteiger partial charge >= 0.3 is 0 Å². The molecular weight excluding hydrogens is 418 g/mol. The fourth-order valence-electron chi connectivity index (χ4n) is 4.01. The van der Waals surface area contributed by atoms with Gasteiger partial charge in [-0.15, -0.1) is 0 Å². The number of aliphatic hydroxyl groups excluding tert-OH is 1. The van der Waals surface area contributed by atoms with Crippen LogP contribution in [0, 0.1) is 0 Å². The van der Waals surface area contributed by atoms with Gasteiger partial charge in [-0.25, -0.2) is 0 Å². The smallest absolute Gasteiger partial charge is 0.295 e. The largest absolute Gasteiger partial charge is 0.507 e. The topological polar surface area (TPSA) is 83.0 Å². The summed E-state index contributed by atoms with van der Waals surface area (Å²) in [6.07, 6.45) is 5.22. The molecule has 1 N–H and O–H groups in total. The molecule has 2 aromatic rings. The van der Waals surface area contributed by atoms with Gasteiger partial charge in [-0.3, -0.25) is 14.6 Å². The maximum Gasteiger partial charge on any atom is 0.295 e. The molecule has 3 rings (SSSR count). The van der Waals surface area contributed by atoms with E-state index in [0.29, 0.717) is 36.6 Å². The van der Waals surface area contributed by atoms with E-state index in [1.807, 2.05) is 12.1 Å². The fraction of sp³-hybridized carbons (Fsp3) is 0.423. The number of nitrogens with zero attached hydrogens (tertiary/aromatic N) is 3. The molecule has 176 valence electrons. The van der Waals surface area contributed by atoms with E-state index in [-0.39, 0.29) is 11.3 Å². The molecule has 1 fully saturated rings. The number of unbranched alkanes of at least 4 members (excludes halogenated alkanes) is 1. The van der Waals surface area contributed by atoms with Gasteiger partial charge < -0.3 is 19.6 Å². The first-order valence-electron chi connectivity index (χ1n) is 11.7. The normalized spacial score (nSPS) is 17.7. The second-order valence-corrected chi connectivity index (χ2v) is 8.04. The molecule has 0 spiro atoms. The number of aromatic nitrogens is 1. The molecule has 1 atom stereocenters. The van der Waals surface area contributed by atoms with Gasteiger partial charge in [-0.05, 0) is 43.3 Å². The highest BCUT2D eigenvalue weighted by Gasteiger charge is 2.46. The molecular formula is C26H33N3O4. The molecule has 0 radical (unpaired) electrons. The Kier molecular flexibility index (Phi) is 8.60. The van der Waals surface area contributed by atoms with Crippen molar-refractivity contribution in [3.8, 4) is 5.75 Å². The van der Waals surface area contributed by atoms with Gasteiger partial charge in [0.1, 0.15) is 11.5 Å². The maximum atomic E-state index is 13.1. The SMILES string of the molecule is CCCCOc1cccc(C(O)=C2C(=O)C(=O)N(CCN(CC)CC)C2c2cccnc2)c1. The second kappa shape index (κ2) is 11.6. The summed E-state index contributed by atoms with van der Waals surface area (Å²) in [5, 5.41) is 11.2. The van der Waals surface area contributed by atoms with Crippen LogP contribution in [0.2, 0.25) is 0 Å². The highest BCUT2D eigenvalue weighted by atomic mass is 16.5. The van der Waals surface area contributed by atoms with Gasteiger partial charge in [0.15, 0.2) is 0 Å². The van der Waals surface area contributed by atoms with Crippen molar-refractivity contribution in [2.45, 2.75) is 39.7 Å². The summed E-state index contributed by atoms with van der Waals surface area (Å²) in [5.41, 5.74) is 1.21. The minimum absolute atomic E-state index is 0.0817. The van der Waals surface area contributed by atoms with Crippen molar-refractivity contribution in [2.24, 2.45) is 0 Å². The average molecular weight is 452 g/mol. The zero-order chi connectivity index (χ0) is 23.8. The predicted molar refractivity (Wildman–Crippen MR) is 128 cm³/mol. The minimum Gasteiger partial charge on any atom is -0.507 e. The predicted octanol–water partition coefficient (Wildman–Crippen LogP) is 4.02. The molecule has 1 aliphatic rings. The average Bonchev–Trinajstić information content (AvgIpc) is 3.10. The van der Waals surface area contributed by atoms with Gasteiger partial charge in [0.25, 0.3) is 11.7 Å². The van der Waals surface area contributed by atoms with Crippen LogP contribution in [-0.4, -0.2) is 64.4 Å². The second-order valence-electron chi connectivity index (χ2n) is 8.04. The first-order valence-corrected chi connectivity index (χ1v) is 11.7. The lowest BCUT2D eigenvalue weighted by atomic mass is 9.96. The number of likely N-dealkylation sites (N-methyl/N-ethyl adjacent to an activating group) is 1. The number of amides is 1. The number of hydrogen-bond donors (Lipinski definition) is 1. The summed E-state index contributed by atoms with van der Waals surface area (Å²) in [6.45, 7) is 9.50. The highest BCUT2D eigenvalue weighted by Crippen LogP contribution is 2.39. The van der Waals surface area contributed by atoms with Crippen LogP contribution in [0.4, 0.5) is 0 Å². The molecule has 1 aromatic heterocycles. The number of carbonyl (C=O) groups is 2. The third-order valence-corrected chi connectivity index (χ3v) is 5.97. The number of benzene rings is 1. The zero-order valence-electron chi connectivity index (χ0n) is 19.7. The molecule has 1 unspecified atom stereocenters. The van der Waals surface area contributed by atoms with Crippen LogP contribution in [0.1, 0.15) is 50.8 Å². The van der Waals surface area contributed by atoms with Crippen molar-refractivity contribution >= 4 is 17.4 Å². The van der Waals surface area contributed by atoms with Crippen LogP contribution in [0.3, 0.4) is 0 Å². The van der Waals surface area contributed by atoms with E-state index in [2.05, 4.69) is 30.7 Å². The maximum absolute atomic E-state index is 13.1. The molecule has 0 saturated carbocycles. The summed E-state index contributed by atoms with van der Waals surface area (Å²) < 4.78 is 5.76. The first kappa shape index (κ1) is 24.5. The summed E-state index contributed by atoms with van der Waals surface area (Å²) in [4.78, 5) is 34.1. The molecule has 1 aliphatic heterocycles. The van der Waals surface area contributed by atoms with E-state index in [0.717, 1.165) is 25.9 Å². The number of carbonyl (C=O) groups excluding carboxylic acids is 2. The molecule has 0 aliphatic carbocycles. The number of aliphatic hydroxyl groups is 1. The highest BCUT2D eigenvalue weighted by molar-refractivity contribution is 6.46. The molecule has 1 saturated heterocycles. The number of likely N-dealkylation sites (tertiary alicyclic amines) is 1. The van der Waals surface area contributed by atoms with E-state index < -0.39 is 17.7 Å². The van der Waals surface area contributed by atoms with Crippen molar-refractivity contribution in [1.29, 1.82) is 0 Å². The molecule has 1 amide bonds. The minimum atomic E-state index is -0.695. The van der Waals surface area contributed by atoms with E-state index >= 15 is 0 Å². The summed E-state index contributed by atoms with van der Waals surface area (Å²) in [6, 6.07) is 9.90. The van der Waals surface area contributed by atoms with Gasteiger partial charge in [0.05, 0.1) is 18.2 Å². The molecule has 33 heavy (non-hydrogen) atoms. The number of ether oxygens (including phenoxy) is 1. The van der Waals surface area contributed by atoms with Crippen molar-refractivity contribution in [3.63, 3.8) is 0 Å². The van der Waals surface area contributed by atoms with Gasteiger partial charge in [0, 0.05) is 31.0 Å². The molecule has 7 heteroatoms. The van der Waals surface area contributed by atoms with Gasteiger partial charge in [-0.2, -0.15) is 0 Å². The van der Waals surface area contributed by atoms with E-state index in [9.17, 15) is 14.7 Å². The summed E-state index contributed by atoms with van der Waals surface area (Å²) >= 11 is 0. The monoisotopic (exact) mass is 451 g/mol. The Labute approximate surface area is 195 Å². The Hall–Kier alpha value is -3.19. The number of Topliss-reactive ketones (excluding diaryl/α,β-unsaturated/α-hetero) is 1. The quantitative estimate of drug-likeness (QED) is 0.240. The molecule has 2 heterocycles. The van der Waals surface area contributed by atoms with Crippen molar-refractivity contribution in [1.82, 2.24) is 14.8 Å². The molecule has 7 nitrogen and oxygen atoms in total. The number of rotatable bonds is 11. The van der Waals surface area contributed by atoms with Crippen molar-refractivity contribution < 1.29 is 19.4 Å². The lowest BCUT2D eigenvalue weighted by Crippen LogP contribution is -2.38. The van der Waals surface area contributed by atoms with Gasteiger partial charge in [0.2, 0.25) is 0 Å². The lowest BCUT2D eigenvalue weighted by Gasteiger charge is -2.28. The number of hydrogen-bond acceptors (Lipinski definition) is 6. The fourth-order valence-corrected chi connectivity index (χ4v) is 4.01. The Balaban J connectivity index is 2.01. The summed E-state index contributed by atoms with van der Waals surface area (Å²) in [5.74, 6) is -0.874. The van der Waals surface area contributed by atoms with Gasteiger partial charge in [-0.1, -0.05) is 45.4 Å². The van der Waals surface area contributed by atoms with Crippen molar-refractivity contribution in [3.05, 3.63) is 65.5 Å². The van der Waals surface area contributed by atoms with Crippen molar-refractivity contribution in [2.75, 3.05) is 32.8 Å². The number of ketones is 1.